The van der Waals surface area contributed by atoms with Gasteiger partial charge in [-0.1, -0.05) is 55.9 Å². The zero-order valence-electron chi connectivity index (χ0n) is 19.4. The molecule has 2 aliphatic carbocycles. The molecular weight excluding hydrogens is 410 g/mol. The van der Waals surface area contributed by atoms with Crippen molar-refractivity contribution in [2.75, 3.05) is 5.32 Å². The topological polar surface area (TPSA) is 106 Å². The Morgan fingerprint density at radius 3 is 2.58 bits per heavy atom. The second-order valence-corrected chi connectivity index (χ2v) is 8.59. The summed E-state index contributed by atoms with van der Waals surface area (Å²) >= 11 is 0. The molecule has 0 aromatic heterocycles. The number of benzene rings is 1. The lowest BCUT2D eigenvalue weighted by Gasteiger charge is -2.26. The van der Waals surface area contributed by atoms with Crippen LogP contribution in [0.1, 0.15) is 39.5 Å². The number of nitrogens with one attached hydrogen (secondary N) is 2. The molecule has 6 heteroatoms. The summed E-state index contributed by atoms with van der Waals surface area (Å²) in [6.07, 6.45) is 9.68. The number of para-hydroxylation sites is 1. The summed E-state index contributed by atoms with van der Waals surface area (Å²) in [5.74, 6) is 6.41. The first-order valence-corrected chi connectivity index (χ1v) is 11.3. The molecule has 1 aromatic carbocycles. The molecule has 0 heterocycles. The number of anilines is 1. The highest BCUT2D eigenvalue weighted by Gasteiger charge is 2.21. The van der Waals surface area contributed by atoms with E-state index in [1.165, 1.54) is 6.42 Å². The Hall–Kier alpha value is -3.72. The van der Waals surface area contributed by atoms with Gasteiger partial charge in [0.1, 0.15) is 11.5 Å². The number of nitrogens with zero attached hydrogens (tertiary/aromatic N) is 1. The predicted molar refractivity (Wildman–Crippen MR) is 136 cm³/mol. The van der Waals surface area contributed by atoms with Crippen LogP contribution in [0.5, 0.6) is 0 Å². The average molecular weight is 444 g/mol. The van der Waals surface area contributed by atoms with Crippen molar-refractivity contribution in [3.05, 3.63) is 77.9 Å². The zero-order valence-corrected chi connectivity index (χ0v) is 19.4. The molecule has 2 unspecified atom stereocenters. The van der Waals surface area contributed by atoms with E-state index >= 15 is 0 Å². The van der Waals surface area contributed by atoms with E-state index in [-0.39, 0.29) is 29.6 Å². The van der Waals surface area contributed by atoms with Gasteiger partial charge in [0.2, 0.25) is 0 Å². The Bertz CT molecular complexity index is 1060. The van der Waals surface area contributed by atoms with E-state index in [9.17, 15) is 4.79 Å². The van der Waals surface area contributed by atoms with Crippen LogP contribution >= 0.6 is 0 Å². The average Bonchev–Trinajstić information content (AvgIpc) is 2.85. The number of carbonyl (C=O) groups is 1. The van der Waals surface area contributed by atoms with Crippen molar-refractivity contribution in [2.24, 2.45) is 28.3 Å². The molecule has 0 radical (unpaired) electrons. The van der Waals surface area contributed by atoms with Crippen molar-refractivity contribution < 1.29 is 4.79 Å². The number of hydrogen-bond donors (Lipinski definition) is 4. The van der Waals surface area contributed by atoms with E-state index in [1.807, 2.05) is 55.5 Å². The van der Waals surface area contributed by atoms with Crippen LogP contribution in [0.15, 0.2) is 82.9 Å². The molecule has 1 saturated carbocycles. The maximum absolute atomic E-state index is 12.8. The molecule has 1 fully saturated rings. The van der Waals surface area contributed by atoms with Crippen LogP contribution in [0.25, 0.3) is 0 Å². The number of aliphatic imine (C=N–C) groups is 1. The van der Waals surface area contributed by atoms with Crippen LogP contribution in [0.3, 0.4) is 0 Å². The van der Waals surface area contributed by atoms with Crippen LogP contribution in [0.4, 0.5) is 5.69 Å². The molecule has 33 heavy (non-hydrogen) atoms. The fraction of sp³-hybridized carbons (Fsp3) is 0.333. The monoisotopic (exact) mass is 443 g/mol. The van der Waals surface area contributed by atoms with Gasteiger partial charge in [-0.2, -0.15) is 0 Å². The normalized spacial score (nSPS) is 22.1. The third kappa shape index (κ3) is 6.88. The minimum Gasteiger partial charge on any atom is -0.384 e. The van der Waals surface area contributed by atoms with Gasteiger partial charge in [-0.05, 0) is 44.2 Å². The zero-order chi connectivity index (χ0) is 23.8. The minimum absolute atomic E-state index is 0.0368. The second kappa shape index (κ2) is 11.2. The smallest absolute Gasteiger partial charge is 0.251 e. The van der Waals surface area contributed by atoms with Crippen LogP contribution in [0.2, 0.25) is 0 Å². The molecule has 2 aliphatic rings. The Morgan fingerprint density at radius 2 is 1.94 bits per heavy atom. The predicted octanol–water partition coefficient (Wildman–Crippen LogP) is 3.97. The highest BCUT2D eigenvalue weighted by molar-refractivity contribution is 5.97. The summed E-state index contributed by atoms with van der Waals surface area (Å²) in [5.41, 5.74) is 15.0. The van der Waals surface area contributed by atoms with Crippen molar-refractivity contribution in [2.45, 2.75) is 45.6 Å². The largest absolute Gasteiger partial charge is 0.384 e. The molecule has 1 aromatic rings. The highest BCUT2D eigenvalue weighted by atomic mass is 16.1. The van der Waals surface area contributed by atoms with Crippen LogP contribution in [0, 0.1) is 23.7 Å². The molecule has 0 bridgehead atoms. The van der Waals surface area contributed by atoms with Gasteiger partial charge < -0.3 is 22.1 Å². The quantitative estimate of drug-likeness (QED) is 0.291. The molecule has 0 saturated heterocycles. The van der Waals surface area contributed by atoms with Gasteiger partial charge in [-0.15, -0.1) is 5.92 Å². The first kappa shape index (κ1) is 23.9. The lowest BCUT2D eigenvalue weighted by molar-refractivity contribution is -0.118. The van der Waals surface area contributed by atoms with Crippen LogP contribution in [-0.2, 0) is 4.79 Å². The van der Waals surface area contributed by atoms with Gasteiger partial charge in [-0.3, -0.25) is 9.79 Å². The molecule has 6 nitrogen and oxygen atoms in total. The van der Waals surface area contributed by atoms with E-state index in [0.717, 1.165) is 18.5 Å². The van der Waals surface area contributed by atoms with Gasteiger partial charge in [0.05, 0.1) is 11.6 Å². The summed E-state index contributed by atoms with van der Waals surface area (Å²) in [5, 5.41) is 6.30. The highest BCUT2D eigenvalue weighted by Crippen LogP contribution is 2.21. The third-order valence-corrected chi connectivity index (χ3v) is 5.68. The lowest BCUT2D eigenvalue weighted by atomic mass is 9.92. The summed E-state index contributed by atoms with van der Waals surface area (Å²) in [6, 6.07) is 9.90. The molecule has 6 N–H and O–H groups in total. The second-order valence-electron chi connectivity index (χ2n) is 8.59. The van der Waals surface area contributed by atoms with E-state index in [0.29, 0.717) is 29.1 Å². The van der Waals surface area contributed by atoms with Crippen LogP contribution < -0.4 is 22.1 Å². The summed E-state index contributed by atoms with van der Waals surface area (Å²) in [6.45, 7) is 7.99. The summed E-state index contributed by atoms with van der Waals surface area (Å²) < 4.78 is 0. The maximum atomic E-state index is 12.8. The van der Waals surface area contributed by atoms with Crippen molar-refractivity contribution in [1.82, 2.24) is 5.32 Å². The molecule has 0 spiro atoms. The molecule has 0 aliphatic heterocycles. The van der Waals surface area contributed by atoms with Gasteiger partial charge in [0.25, 0.3) is 5.91 Å². The third-order valence-electron chi connectivity index (χ3n) is 5.68. The van der Waals surface area contributed by atoms with Gasteiger partial charge in [0.15, 0.2) is 0 Å². The Labute approximate surface area is 196 Å². The number of allylic oxidation sites excluding steroid dienone is 2. The van der Waals surface area contributed by atoms with E-state index in [4.69, 9.17) is 11.5 Å². The summed E-state index contributed by atoms with van der Waals surface area (Å²) in [4.78, 5) is 17.4. The number of amides is 1. The minimum atomic E-state index is -0.283. The van der Waals surface area contributed by atoms with E-state index < -0.39 is 0 Å². The Kier molecular flexibility index (Phi) is 8.15. The van der Waals surface area contributed by atoms with E-state index in [2.05, 4.69) is 41.0 Å². The molecule has 1 amide bonds. The number of carbonyl (C=O) groups excluding carboxylic acids is 1. The maximum Gasteiger partial charge on any atom is 0.251 e. The van der Waals surface area contributed by atoms with Crippen molar-refractivity contribution >= 4 is 17.3 Å². The number of hydrogen-bond acceptors (Lipinski definition) is 5. The molecule has 3 rings (SSSR count). The fourth-order valence-corrected chi connectivity index (χ4v) is 3.52. The van der Waals surface area contributed by atoms with Crippen LogP contribution in [-0.4, -0.2) is 17.7 Å². The SMILES string of the molecule is C=C(Nc1ccccc1)C(N=C(C)C1C#CCC(C)/C=C(/C(=O)NC2CCC2)C=C1)=C(N)N. The first-order valence-electron chi connectivity index (χ1n) is 11.3. The first-order chi connectivity index (χ1) is 15.8. The Morgan fingerprint density at radius 1 is 1.21 bits per heavy atom. The van der Waals surface area contributed by atoms with Gasteiger partial charge in [0, 0.05) is 29.4 Å². The standard InChI is InChI=1S/C27H33N5O/c1-18-9-7-10-21(15-16-22(17-18)27(33)32-24-13-8-14-24)19(2)31-25(26(28)29)20(3)30-23-11-5-4-6-12-23/h4-6,11-12,15-18,21,24,30H,3,8-9,13-14,28-29H2,1-2H3,(H,32,33)/b16-15?,22-17+,31-19?. The number of rotatable bonds is 7. The molecular formula is C27H33N5O. The number of nitrogens with two attached hydrogens (primary N) is 2. The molecule has 172 valence electrons. The van der Waals surface area contributed by atoms with Gasteiger partial charge >= 0.3 is 0 Å². The fourth-order valence-electron chi connectivity index (χ4n) is 3.52. The lowest BCUT2D eigenvalue weighted by Crippen LogP contribution is -2.40. The van der Waals surface area contributed by atoms with Crippen molar-refractivity contribution in [3.8, 4) is 11.8 Å². The van der Waals surface area contributed by atoms with Crippen molar-refractivity contribution in [1.29, 1.82) is 0 Å². The van der Waals surface area contributed by atoms with E-state index in [1.54, 1.807) is 0 Å². The molecule has 2 atom stereocenters. The summed E-state index contributed by atoms with van der Waals surface area (Å²) in [7, 11) is 0. The van der Waals surface area contributed by atoms with Gasteiger partial charge in [-0.25, -0.2) is 0 Å². The Balaban J connectivity index is 1.80. The van der Waals surface area contributed by atoms with Crippen molar-refractivity contribution in [3.63, 3.8) is 0 Å².